The van der Waals surface area contributed by atoms with E-state index in [-0.39, 0.29) is 23.0 Å². The topological polar surface area (TPSA) is 104 Å². The van der Waals surface area contributed by atoms with Crippen LogP contribution in [-0.2, 0) is 15.2 Å². The van der Waals surface area contributed by atoms with Crippen molar-refractivity contribution in [2.24, 2.45) is 17.3 Å². The van der Waals surface area contributed by atoms with Crippen LogP contribution in [0.15, 0.2) is 18.2 Å². The van der Waals surface area contributed by atoms with E-state index in [9.17, 15) is 22.9 Å². The molecule has 25 heavy (non-hydrogen) atoms. The number of ketones is 1. The molecule has 6 nitrogen and oxygen atoms in total. The second kappa shape index (κ2) is 5.53. The number of hydrogen-bond acceptors (Lipinski definition) is 6. The first kappa shape index (κ1) is 17.0. The summed E-state index contributed by atoms with van der Waals surface area (Å²) in [5, 5.41) is 10.6. The Bertz CT molecular complexity index is 832. The van der Waals surface area contributed by atoms with E-state index in [1.165, 1.54) is 12.1 Å². The van der Waals surface area contributed by atoms with Gasteiger partial charge in [-0.3, -0.25) is 4.79 Å². The summed E-state index contributed by atoms with van der Waals surface area (Å²) < 4.78 is 36.8. The van der Waals surface area contributed by atoms with Crippen LogP contribution in [0, 0.1) is 17.3 Å². The van der Waals surface area contributed by atoms with Gasteiger partial charge in [0.15, 0.2) is 0 Å². The van der Waals surface area contributed by atoms with Crippen LogP contribution in [0.3, 0.4) is 0 Å². The Balaban J connectivity index is 1.70. The van der Waals surface area contributed by atoms with E-state index in [0.717, 1.165) is 24.8 Å². The average molecular weight is 365 g/mol. The third kappa shape index (κ3) is 2.69. The van der Waals surface area contributed by atoms with Gasteiger partial charge in [-0.25, -0.2) is 8.42 Å². The zero-order chi connectivity index (χ0) is 18.0. The van der Waals surface area contributed by atoms with Gasteiger partial charge in [0.2, 0.25) is 0 Å². The van der Waals surface area contributed by atoms with Crippen LogP contribution in [-0.4, -0.2) is 23.9 Å². The molecule has 7 heteroatoms. The SMILES string of the molecule is C[C@]12CC[C@@H]3c4ccc(OS(=O)(=O)[O-])cc4C(O)C[C@H]3[C@@H]1CCC2=O. The van der Waals surface area contributed by atoms with E-state index < -0.39 is 16.5 Å². The number of carbonyl (C=O) groups excluding carboxylic acids is 1. The predicted octanol–water partition coefficient (Wildman–Crippen LogP) is 2.44. The molecule has 2 fully saturated rings. The maximum atomic E-state index is 12.3. The molecule has 4 rings (SSSR count). The molecule has 0 spiro atoms. The lowest BCUT2D eigenvalue weighted by Crippen LogP contribution is -2.43. The molecule has 0 heterocycles. The number of carbonyl (C=O) groups is 1. The standard InChI is InChI=1S/C18H22O6S/c1-18-7-6-12-11-3-2-10(24-25(21,22)23)8-14(11)16(19)9-13(12)15(18)4-5-17(18)20/h2-3,8,12-13,15-16,19H,4-7,9H2,1H3,(H,21,22,23)/p-1/t12-,13-,15+,16?,18+/m1/s1. The molecular formula is C18H21O6S-. The maximum absolute atomic E-state index is 12.3. The lowest BCUT2D eigenvalue weighted by Gasteiger charge is -2.49. The third-order valence-electron chi connectivity index (χ3n) is 6.66. The fourth-order valence-electron chi connectivity index (χ4n) is 5.51. The van der Waals surface area contributed by atoms with Crippen LogP contribution in [0.1, 0.15) is 62.2 Å². The van der Waals surface area contributed by atoms with Crippen molar-refractivity contribution in [3.8, 4) is 5.75 Å². The van der Waals surface area contributed by atoms with Crippen LogP contribution in [0.4, 0.5) is 0 Å². The second-order valence-corrected chi connectivity index (χ2v) is 8.81. The molecule has 0 bridgehead atoms. The van der Waals surface area contributed by atoms with E-state index >= 15 is 0 Å². The van der Waals surface area contributed by atoms with Gasteiger partial charge < -0.3 is 13.8 Å². The first-order valence-electron chi connectivity index (χ1n) is 8.69. The summed E-state index contributed by atoms with van der Waals surface area (Å²) in [7, 11) is -4.84. The van der Waals surface area contributed by atoms with Crippen LogP contribution in [0.2, 0.25) is 0 Å². The van der Waals surface area contributed by atoms with Crippen molar-refractivity contribution in [1.29, 1.82) is 0 Å². The Labute approximate surface area is 147 Å². The van der Waals surface area contributed by atoms with Crippen LogP contribution >= 0.6 is 0 Å². The smallest absolute Gasteiger partial charge is 0.262 e. The first-order chi connectivity index (χ1) is 11.7. The van der Waals surface area contributed by atoms with Crippen molar-refractivity contribution in [2.45, 2.75) is 51.0 Å². The van der Waals surface area contributed by atoms with Gasteiger partial charge in [-0.2, -0.15) is 0 Å². The largest absolute Gasteiger partial charge is 0.716 e. The molecule has 1 N–H and O–H groups in total. The molecule has 0 radical (unpaired) electrons. The molecular weight excluding hydrogens is 344 g/mol. The fraction of sp³-hybridized carbons (Fsp3) is 0.611. The van der Waals surface area contributed by atoms with E-state index in [1.807, 2.05) is 0 Å². The zero-order valence-electron chi connectivity index (χ0n) is 14.0. The van der Waals surface area contributed by atoms with Crippen LogP contribution in [0.5, 0.6) is 5.75 Å². The van der Waals surface area contributed by atoms with Crippen molar-refractivity contribution in [1.82, 2.24) is 0 Å². The highest BCUT2D eigenvalue weighted by Gasteiger charge is 2.55. The van der Waals surface area contributed by atoms with Gasteiger partial charge in [-0.1, -0.05) is 13.0 Å². The minimum Gasteiger partial charge on any atom is -0.716 e. The van der Waals surface area contributed by atoms with Gasteiger partial charge in [0, 0.05) is 11.8 Å². The molecule has 1 unspecified atom stereocenters. The molecule has 5 atom stereocenters. The Morgan fingerprint density at radius 1 is 1.28 bits per heavy atom. The van der Waals surface area contributed by atoms with Crippen molar-refractivity contribution in [3.05, 3.63) is 29.3 Å². The van der Waals surface area contributed by atoms with E-state index in [0.29, 0.717) is 30.1 Å². The molecule has 2 saturated carbocycles. The summed E-state index contributed by atoms with van der Waals surface area (Å²) in [4.78, 5) is 12.3. The highest BCUT2D eigenvalue weighted by molar-refractivity contribution is 7.81. The number of benzene rings is 1. The Kier molecular flexibility index (Phi) is 3.76. The van der Waals surface area contributed by atoms with Crippen LogP contribution in [0.25, 0.3) is 0 Å². The van der Waals surface area contributed by atoms with E-state index in [1.54, 1.807) is 6.07 Å². The normalized spacial score (nSPS) is 37.2. The molecule has 1 aromatic carbocycles. The van der Waals surface area contributed by atoms with Crippen molar-refractivity contribution in [3.63, 3.8) is 0 Å². The summed E-state index contributed by atoms with van der Waals surface area (Å²) in [5.74, 6) is 1.08. The highest BCUT2D eigenvalue weighted by atomic mass is 32.3. The molecule has 1 aromatic rings. The minimum atomic E-state index is -4.84. The van der Waals surface area contributed by atoms with Gasteiger partial charge in [-0.15, -0.1) is 0 Å². The van der Waals surface area contributed by atoms with Gasteiger partial charge in [-0.05, 0) is 66.7 Å². The summed E-state index contributed by atoms with van der Waals surface area (Å²) in [6.45, 7) is 2.07. The quantitative estimate of drug-likeness (QED) is 0.638. The van der Waals surface area contributed by atoms with Crippen molar-refractivity contribution in [2.75, 3.05) is 0 Å². The number of fused-ring (bicyclic) bond motifs is 5. The molecule has 0 aliphatic heterocycles. The summed E-state index contributed by atoms with van der Waals surface area (Å²) in [6, 6.07) is 4.69. The van der Waals surface area contributed by atoms with Crippen LogP contribution < -0.4 is 4.18 Å². The lowest BCUT2D eigenvalue weighted by molar-refractivity contribution is -0.129. The van der Waals surface area contributed by atoms with Gasteiger partial charge in [0.05, 0.1) is 6.10 Å². The van der Waals surface area contributed by atoms with E-state index in [4.69, 9.17) is 0 Å². The highest BCUT2D eigenvalue weighted by Crippen LogP contribution is 2.61. The summed E-state index contributed by atoms with van der Waals surface area (Å²) >= 11 is 0. The summed E-state index contributed by atoms with van der Waals surface area (Å²) in [5.41, 5.74) is 1.36. The van der Waals surface area contributed by atoms with Gasteiger partial charge >= 0.3 is 0 Å². The molecule has 136 valence electrons. The Morgan fingerprint density at radius 3 is 2.76 bits per heavy atom. The van der Waals surface area contributed by atoms with E-state index in [2.05, 4.69) is 11.1 Å². The fourth-order valence-corrected chi connectivity index (χ4v) is 5.85. The molecule has 3 aliphatic rings. The first-order valence-corrected chi connectivity index (χ1v) is 10.0. The molecule has 0 saturated heterocycles. The number of rotatable bonds is 2. The number of Topliss-reactive ketones (excluding diaryl/α,β-unsaturated/α-hetero) is 1. The zero-order valence-corrected chi connectivity index (χ0v) is 14.8. The second-order valence-electron chi connectivity index (χ2n) is 7.83. The average Bonchev–Trinajstić information content (AvgIpc) is 2.82. The van der Waals surface area contributed by atoms with Gasteiger partial charge in [0.1, 0.15) is 11.5 Å². The number of aliphatic hydroxyl groups excluding tert-OH is 1. The Hall–Kier alpha value is -1.44. The monoisotopic (exact) mass is 365 g/mol. The third-order valence-corrected chi connectivity index (χ3v) is 7.05. The maximum Gasteiger partial charge on any atom is 0.262 e. The molecule has 0 aromatic heterocycles. The number of hydrogen-bond donors (Lipinski definition) is 1. The predicted molar refractivity (Wildman–Crippen MR) is 87.6 cm³/mol. The number of aliphatic hydroxyl groups is 1. The van der Waals surface area contributed by atoms with Crippen molar-refractivity contribution < 1.29 is 27.1 Å². The Morgan fingerprint density at radius 2 is 2.04 bits per heavy atom. The summed E-state index contributed by atoms with van der Waals surface area (Å²) in [6.07, 6.45) is 3.05. The minimum absolute atomic E-state index is 0.0667. The van der Waals surface area contributed by atoms with Gasteiger partial charge in [0.25, 0.3) is 10.4 Å². The van der Waals surface area contributed by atoms with Crippen molar-refractivity contribution >= 4 is 16.2 Å². The lowest BCUT2D eigenvalue weighted by atomic mass is 9.55. The molecule has 3 aliphatic carbocycles. The molecule has 0 amide bonds.